The Labute approximate surface area is 99.5 Å². The molecule has 1 aromatic heterocycles. The molecule has 4 nitrogen and oxygen atoms in total. The molecule has 0 fully saturated rings. The van der Waals surface area contributed by atoms with Crippen molar-refractivity contribution in [2.45, 2.75) is 19.8 Å². The fraction of sp³-hybridized carbons (Fsp3) is 0.231. The first-order chi connectivity index (χ1) is 8.09. The Morgan fingerprint density at radius 1 is 1.29 bits per heavy atom. The lowest BCUT2D eigenvalue weighted by Crippen LogP contribution is -2.06. The van der Waals surface area contributed by atoms with Crippen LogP contribution in [0.15, 0.2) is 36.5 Å². The van der Waals surface area contributed by atoms with Gasteiger partial charge in [0.05, 0.1) is 16.9 Å². The second-order valence-electron chi connectivity index (χ2n) is 4.16. The van der Waals surface area contributed by atoms with Crippen LogP contribution in [-0.4, -0.2) is 20.9 Å². The summed E-state index contributed by atoms with van der Waals surface area (Å²) in [7, 11) is 0. The summed E-state index contributed by atoms with van der Waals surface area (Å²) in [4.78, 5) is 11.1. The predicted molar refractivity (Wildman–Crippen MR) is 64.6 cm³/mol. The van der Waals surface area contributed by atoms with E-state index in [1.165, 1.54) is 0 Å². The van der Waals surface area contributed by atoms with Gasteiger partial charge in [-0.1, -0.05) is 26.0 Å². The van der Waals surface area contributed by atoms with Crippen LogP contribution in [0, 0.1) is 0 Å². The highest BCUT2D eigenvalue weighted by atomic mass is 16.4. The molecule has 2 rings (SSSR count). The van der Waals surface area contributed by atoms with Gasteiger partial charge in [-0.25, -0.2) is 9.48 Å². The smallest absolute Gasteiger partial charge is 0.337 e. The molecule has 88 valence electrons. The Morgan fingerprint density at radius 3 is 2.59 bits per heavy atom. The second kappa shape index (κ2) is 4.41. The van der Waals surface area contributed by atoms with Gasteiger partial charge in [0.2, 0.25) is 0 Å². The summed E-state index contributed by atoms with van der Waals surface area (Å²) in [5.74, 6) is -0.615. The first-order valence-electron chi connectivity index (χ1n) is 5.48. The van der Waals surface area contributed by atoms with Crippen LogP contribution in [0.1, 0.15) is 35.8 Å². The van der Waals surface area contributed by atoms with E-state index in [1.54, 1.807) is 35.1 Å². The molecule has 1 aromatic carbocycles. The molecular formula is C13H14N2O2. The Hall–Kier alpha value is -2.10. The molecule has 0 saturated carbocycles. The summed E-state index contributed by atoms with van der Waals surface area (Å²) >= 11 is 0. The van der Waals surface area contributed by atoms with Crippen LogP contribution in [-0.2, 0) is 0 Å². The predicted octanol–water partition coefficient (Wildman–Crippen LogP) is 2.69. The first kappa shape index (κ1) is 11.4. The third-order valence-corrected chi connectivity index (χ3v) is 2.58. The Kier molecular flexibility index (Phi) is 2.95. The average molecular weight is 230 g/mol. The number of aromatic carboxylic acids is 1. The summed E-state index contributed by atoms with van der Waals surface area (Å²) in [6.45, 7) is 4.10. The van der Waals surface area contributed by atoms with Crippen LogP contribution in [0.25, 0.3) is 5.69 Å². The van der Waals surface area contributed by atoms with Crippen molar-refractivity contribution >= 4 is 5.97 Å². The highest BCUT2D eigenvalue weighted by molar-refractivity contribution is 5.91. The van der Waals surface area contributed by atoms with Crippen LogP contribution in [0.5, 0.6) is 0 Å². The van der Waals surface area contributed by atoms with Gasteiger partial charge in [0.1, 0.15) is 0 Å². The number of carboxylic acid groups (broad SMARTS) is 1. The van der Waals surface area contributed by atoms with Gasteiger partial charge in [-0.3, -0.25) is 0 Å². The highest BCUT2D eigenvalue weighted by Crippen LogP contribution is 2.17. The molecule has 0 aliphatic carbocycles. The standard InChI is InChI=1S/C13H14N2O2/c1-9(2)11-7-8-15(14-11)12-6-4-3-5-10(12)13(16)17/h3-9H,1-2H3,(H,16,17). The molecule has 0 aliphatic rings. The van der Waals surface area contributed by atoms with E-state index in [1.807, 2.05) is 6.07 Å². The number of carbonyl (C=O) groups is 1. The highest BCUT2D eigenvalue weighted by Gasteiger charge is 2.12. The largest absolute Gasteiger partial charge is 0.478 e. The summed E-state index contributed by atoms with van der Waals surface area (Å²) in [5.41, 5.74) is 1.79. The van der Waals surface area contributed by atoms with Gasteiger partial charge in [0.25, 0.3) is 0 Å². The molecule has 17 heavy (non-hydrogen) atoms. The fourth-order valence-corrected chi connectivity index (χ4v) is 1.63. The molecule has 4 heteroatoms. The maximum atomic E-state index is 11.1. The fourth-order valence-electron chi connectivity index (χ4n) is 1.63. The molecule has 0 unspecified atom stereocenters. The molecule has 0 bridgehead atoms. The first-order valence-corrected chi connectivity index (χ1v) is 5.48. The number of hydrogen-bond acceptors (Lipinski definition) is 2. The zero-order valence-corrected chi connectivity index (χ0v) is 9.79. The summed E-state index contributed by atoms with van der Waals surface area (Å²) in [5, 5.41) is 13.5. The van der Waals surface area contributed by atoms with Crippen LogP contribution in [0.2, 0.25) is 0 Å². The Bertz CT molecular complexity index is 544. The van der Waals surface area contributed by atoms with E-state index in [0.29, 0.717) is 11.6 Å². The topological polar surface area (TPSA) is 55.1 Å². The number of rotatable bonds is 3. The molecule has 1 N–H and O–H groups in total. The van der Waals surface area contributed by atoms with Crippen LogP contribution in [0.3, 0.4) is 0 Å². The summed E-state index contributed by atoms with van der Waals surface area (Å²) in [6.07, 6.45) is 1.79. The molecular weight excluding hydrogens is 216 g/mol. The lowest BCUT2D eigenvalue weighted by Gasteiger charge is -2.05. The third kappa shape index (κ3) is 2.20. The summed E-state index contributed by atoms with van der Waals surface area (Å²) in [6, 6.07) is 8.75. The van der Waals surface area contributed by atoms with E-state index in [9.17, 15) is 4.79 Å². The maximum absolute atomic E-state index is 11.1. The van der Waals surface area contributed by atoms with Gasteiger partial charge >= 0.3 is 5.97 Å². The van der Waals surface area contributed by atoms with E-state index < -0.39 is 5.97 Å². The van der Waals surface area contributed by atoms with Gasteiger partial charge in [0.15, 0.2) is 0 Å². The van der Waals surface area contributed by atoms with Gasteiger partial charge in [0, 0.05) is 6.20 Å². The number of hydrogen-bond donors (Lipinski definition) is 1. The van der Waals surface area contributed by atoms with Crippen molar-refractivity contribution in [3.8, 4) is 5.69 Å². The minimum atomic E-state index is -0.942. The zero-order chi connectivity index (χ0) is 12.4. The molecule has 0 amide bonds. The van der Waals surface area contributed by atoms with Crippen molar-refractivity contribution in [3.63, 3.8) is 0 Å². The second-order valence-corrected chi connectivity index (χ2v) is 4.16. The van der Waals surface area contributed by atoms with Gasteiger partial charge in [-0.05, 0) is 24.1 Å². The Morgan fingerprint density at radius 2 is 2.00 bits per heavy atom. The minimum Gasteiger partial charge on any atom is -0.478 e. The number of aromatic nitrogens is 2. The van der Waals surface area contributed by atoms with Gasteiger partial charge < -0.3 is 5.11 Å². The van der Waals surface area contributed by atoms with Gasteiger partial charge in [-0.2, -0.15) is 5.10 Å². The number of carboxylic acids is 1. The van der Waals surface area contributed by atoms with Crippen LogP contribution in [0.4, 0.5) is 0 Å². The molecule has 2 aromatic rings. The molecule has 0 saturated heterocycles. The molecule has 0 aliphatic heterocycles. The Balaban J connectivity index is 2.49. The molecule has 0 atom stereocenters. The van der Waals surface area contributed by atoms with Crippen molar-refractivity contribution in [3.05, 3.63) is 47.8 Å². The number of nitrogens with zero attached hydrogens (tertiary/aromatic N) is 2. The number of para-hydroxylation sites is 1. The molecule has 0 spiro atoms. The SMILES string of the molecule is CC(C)c1ccn(-c2ccccc2C(=O)O)n1. The van der Waals surface area contributed by atoms with Crippen LogP contribution < -0.4 is 0 Å². The normalized spacial score (nSPS) is 10.8. The van der Waals surface area contributed by atoms with Crippen molar-refractivity contribution in [2.24, 2.45) is 0 Å². The lowest BCUT2D eigenvalue weighted by molar-refractivity contribution is 0.0696. The molecule has 0 radical (unpaired) electrons. The van der Waals surface area contributed by atoms with Crippen molar-refractivity contribution in [2.75, 3.05) is 0 Å². The van der Waals surface area contributed by atoms with E-state index >= 15 is 0 Å². The quantitative estimate of drug-likeness (QED) is 0.882. The van der Waals surface area contributed by atoms with Crippen molar-refractivity contribution in [1.29, 1.82) is 0 Å². The maximum Gasteiger partial charge on any atom is 0.337 e. The van der Waals surface area contributed by atoms with Crippen molar-refractivity contribution in [1.82, 2.24) is 9.78 Å². The number of benzene rings is 1. The van der Waals surface area contributed by atoms with Crippen LogP contribution >= 0.6 is 0 Å². The summed E-state index contributed by atoms with van der Waals surface area (Å²) < 4.78 is 1.61. The van der Waals surface area contributed by atoms with E-state index in [-0.39, 0.29) is 5.56 Å². The minimum absolute atomic E-state index is 0.255. The molecule has 1 heterocycles. The zero-order valence-electron chi connectivity index (χ0n) is 9.79. The van der Waals surface area contributed by atoms with Gasteiger partial charge in [-0.15, -0.1) is 0 Å². The van der Waals surface area contributed by atoms with E-state index in [4.69, 9.17) is 5.11 Å². The lowest BCUT2D eigenvalue weighted by atomic mass is 10.1. The monoisotopic (exact) mass is 230 g/mol. The third-order valence-electron chi connectivity index (χ3n) is 2.58. The van der Waals surface area contributed by atoms with E-state index in [0.717, 1.165) is 5.69 Å². The average Bonchev–Trinajstić information content (AvgIpc) is 2.78. The van der Waals surface area contributed by atoms with E-state index in [2.05, 4.69) is 18.9 Å². The van der Waals surface area contributed by atoms with Crippen molar-refractivity contribution < 1.29 is 9.90 Å².